The zero-order valence-corrected chi connectivity index (χ0v) is 16.0. The van der Waals surface area contributed by atoms with E-state index in [0.29, 0.717) is 32.0 Å². The molecule has 0 unspecified atom stereocenters. The zero-order valence-electron chi connectivity index (χ0n) is 16.0. The second-order valence-electron chi connectivity index (χ2n) is 7.46. The summed E-state index contributed by atoms with van der Waals surface area (Å²) in [4.78, 5) is 25.3. The van der Waals surface area contributed by atoms with E-state index in [9.17, 15) is 9.59 Å². The molecule has 0 spiro atoms. The first-order valence-electron chi connectivity index (χ1n) is 9.82. The summed E-state index contributed by atoms with van der Waals surface area (Å²) < 4.78 is 16.4. The number of amides is 1. The maximum atomic E-state index is 12.2. The molecular weight excluding hydrogens is 346 g/mol. The highest BCUT2D eigenvalue weighted by molar-refractivity contribution is 5.69. The van der Waals surface area contributed by atoms with Gasteiger partial charge in [0.1, 0.15) is 6.61 Å². The standard InChI is InChI=1S/C21H29NO5/c1-25-20(23)13-16-7-9-18(10-8-16)27-19-11-12-22(14-19)21(24)26-15-17-5-3-2-4-6-17/h2-6,16,18-19H,7-15H2,1H3/t16?,18?,19-/m0/s1. The Morgan fingerprint density at radius 1 is 1.04 bits per heavy atom. The molecule has 0 N–H and O–H groups in total. The fraction of sp³-hybridized carbons (Fsp3) is 0.619. The van der Waals surface area contributed by atoms with Gasteiger partial charge in [0.25, 0.3) is 0 Å². The number of esters is 1. The smallest absolute Gasteiger partial charge is 0.410 e. The fourth-order valence-corrected chi connectivity index (χ4v) is 3.88. The normalized spacial score (nSPS) is 25.2. The van der Waals surface area contributed by atoms with Crippen molar-refractivity contribution in [2.24, 2.45) is 5.92 Å². The summed E-state index contributed by atoms with van der Waals surface area (Å²) in [6.45, 7) is 1.57. The Kier molecular flexibility index (Phi) is 7.10. The van der Waals surface area contributed by atoms with Gasteiger partial charge in [-0.1, -0.05) is 30.3 Å². The van der Waals surface area contributed by atoms with Crippen LogP contribution in [-0.2, 0) is 25.6 Å². The van der Waals surface area contributed by atoms with Crippen molar-refractivity contribution in [1.82, 2.24) is 4.90 Å². The third kappa shape index (κ3) is 5.96. The van der Waals surface area contributed by atoms with E-state index in [1.165, 1.54) is 7.11 Å². The van der Waals surface area contributed by atoms with Gasteiger partial charge >= 0.3 is 12.1 Å². The van der Waals surface area contributed by atoms with Crippen molar-refractivity contribution in [1.29, 1.82) is 0 Å². The molecular formula is C21H29NO5. The molecule has 0 bridgehead atoms. The lowest BCUT2D eigenvalue weighted by Crippen LogP contribution is -2.33. The van der Waals surface area contributed by atoms with Crippen LogP contribution >= 0.6 is 0 Å². The minimum atomic E-state index is -0.272. The molecule has 2 fully saturated rings. The van der Waals surface area contributed by atoms with E-state index >= 15 is 0 Å². The molecule has 6 heteroatoms. The number of likely N-dealkylation sites (tertiary alicyclic amines) is 1. The van der Waals surface area contributed by atoms with E-state index < -0.39 is 0 Å². The zero-order chi connectivity index (χ0) is 19.1. The third-order valence-corrected chi connectivity index (χ3v) is 5.47. The van der Waals surface area contributed by atoms with Gasteiger partial charge in [-0.2, -0.15) is 0 Å². The van der Waals surface area contributed by atoms with Gasteiger partial charge in [0.05, 0.1) is 25.9 Å². The van der Waals surface area contributed by atoms with Crippen LogP contribution in [0.1, 0.15) is 44.1 Å². The molecule has 1 aliphatic heterocycles. The molecule has 1 aromatic carbocycles. The highest BCUT2D eigenvalue weighted by atomic mass is 16.6. The van der Waals surface area contributed by atoms with Gasteiger partial charge in [0, 0.05) is 13.0 Å². The minimum absolute atomic E-state index is 0.0800. The van der Waals surface area contributed by atoms with Crippen molar-refractivity contribution < 1.29 is 23.8 Å². The Morgan fingerprint density at radius 3 is 2.48 bits per heavy atom. The van der Waals surface area contributed by atoms with Crippen LogP contribution in [0.3, 0.4) is 0 Å². The predicted molar refractivity (Wildman–Crippen MR) is 100 cm³/mol. The second kappa shape index (κ2) is 9.74. The molecule has 27 heavy (non-hydrogen) atoms. The van der Waals surface area contributed by atoms with Crippen molar-refractivity contribution >= 4 is 12.1 Å². The van der Waals surface area contributed by atoms with Crippen LogP contribution in [0.15, 0.2) is 30.3 Å². The lowest BCUT2D eigenvalue weighted by Gasteiger charge is -2.30. The first-order chi connectivity index (χ1) is 13.1. The van der Waals surface area contributed by atoms with Crippen molar-refractivity contribution in [3.05, 3.63) is 35.9 Å². The van der Waals surface area contributed by atoms with E-state index in [2.05, 4.69) is 0 Å². The topological polar surface area (TPSA) is 65.1 Å². The number of nitrogens with zero attached hydrogens (tertiary/aromatic N) is 1. The largest absolute Gasteiger partial charge is 0.469 e. The summed E-state index contributed by atoms with van der Waals surface area (Å²) in [5, 5.41) is 0. The number of carbonyl (C=O) groups excluding carboxylic acids is 2. The Labute approximate surface area is 160 Å². The number of rotatable bonds is 6. The van der Waals surface area contributed by atoms with Crippen LogP contribution in [0, 0.1) is 5.92 Å². The maximum absolute atomic E-state index is 12.2. The average molecular weight is 375 g/mol. The number of ether oxygens (including phenoxy) is 3. The van der Waals surface area contributed by atoms with Crippen LogP contribution in [0.2, 0.25) is 0 Å². The van der Waals surface area contributed by atoms with E-state index in [1.54, 1.807) is 4.90 Å². The summed E-state index contributed by atoms with van der Waals surface area (Å²) in [5.41, 5.74) is 0.988. The minimum Gasteiger partial charge on any atom is -0.469 e. The first-order valence-corrected chi connectivity index (χ1v) is 9.82. The summed E-state index contributed by atoms with van der Waals surface area (Å²) >= 11 is 0. The molecule has 3 rings (SSSR count). The Hall–Kier alpha value is -2.08. The fourth-order valence-electron chi connectivity index (χ4n) is 3.88. The van der Waals surface area contributed by atoms with Crippen LogP contribution in [0.5, 0.6) is 0 Å². The Morgan fingerprint density at radius 2 is 1.78 bits per heavy atom. The average Bonchev–Trinajstić information content (AvgIpc) is 3.17. The van der Waals surface area contributed by atoms with Crippen molar-refractivity contribution in [3.63, 3.8) is 0 Å². The van der Waals surface area contributed by atoms with Crippen LogP contribution < -0.4 is 0 Å². The number of carbonyl (C=O) groups is 2. The molecule has 1 amide bonds. The predicted octanol–water partition coefficient (Wildman–Crippen LogP) is 3.54. The van der Waals surface area contributed by atoms with Gasteiger partial charge in [-0.05, 0) is 43.6 Å². The monoisotopic (exact) mass is 375 g/mol. The summed E-state index contributed by atoms with van der Waals surface area (Å²) in [6, 6.07) is 9.70. The van der Waals surface area contributed by atoms with Crippen LogP contribution in [-0.4, -0.2) is 49.4 Å². The SMILES string of the molecule is COC(=O)CC1CCC(O[C@H]2CCN(C(=O)OCc3ccccc3)C2)CC1. The third-order valence-electron chi connectivity index (χ3n) is 5.47. The van der Waals surface area contributed by atoms with E-state index in [-0.39, 0.29) is 24.3 Å². The molecule has 1 heterocycles. The maximum Gasteiger partial charge on any atom is 0.410 e. The molecule has 1 aromatic rings. The number of hydrogen-bond donors (Lipinski definition) is 0. The van der Waals surface area contributed by atoms with E-state index in [1.807, 2.05) is 30.3 Å². The quantitative estimate of drug-likeness (QED) is 0.712. The van der Waals surface area contributed by atoms with Gasteiger partial charge in [-0.25, -0.2) is 4.79 Å². The lowest BCUT2D eigenvalue weighted by molar-refractivity contribution is -0.142. The molecule has 0 radical (unpaired) electrons. The van der Waals surface area contributed by atoms with E-state index in [0.717, 1.165) is 37.7 Å². The lowest BCUT2D eigenvalue weighted by atomic mass is 9.85. The van der Waals surface area contributed by atoms with Crippen molar-refractivity contribution in [2.75, 3.05) is 20.2 Å². The number of hydrogen-bond acceptors (Lipinski definition) is 5. The molecule has 2 aliphatic rings. The number of benzene rings is 1. The summed E-state index contributed by atoms with van der Waals surface area (Å²) in [6.07, 6.45) is 5.32. The first kappa shape index (κ1) is 19.7. The highest BCUT2D eigenvalue weighted by Crippen LogP contribution is 2.30. The van der Waals surface area contributed by atoms with Gasteiger partial charge < -0.3 is 19.1 Å². The molecule has 1 atom stereocenters. The second-order valence-corrected chi connectivity index (χ2v) is 7.46. The Bertz CT molecular complexity index is 612. The van der Waals surface area contributed by atoms with Crippen molar-refractivity contribution in [3.8, 4) is 0 Å². The highest BCUT2D eigenvalue weighted by Gasteiger charge is 2.31. The molecule has 1 saturated carbocycles. The van der Waals surface area contributed by atoms with Crippen LogP contribution in [0.4, 0.5) is 4.79 Å². The van der Waals surface area contributed by atoms with Crippen LogP contribution in [0.25, 0.3) is 0 Å². The Balaban J connectivity index is 1.35. The van der Waals surface area contributed by atoms with Gasteiger partial charge in [-0.3, -0.25) is 4.79 Å². The van der Waals surface area contributed by atoms with E-state index in [4.69, 9.17) is 14.2 Å². The number of methoxy groups -OCH3 is 1. The molecule has 1 aliphatic carbocycles. The van der Waals surface area contributed by atoms with Gasteiger partial charge in [0.2, 0.25) is 0 Å². The molecule has 6 nitrogen and oxygen atoms in total. The van der Waals surface area contributed by atoms with Crippen molar-refractivity contribution in [2.45, 2.75) is 57.3 Å². The summed E-state index contributed by atoms with van der Waals surface area (Å²) in [7, 11) is 1.44. The summed E-state index contributed by atoms with van der Waals surface area (Å²) in [5.74, 6) is 0.283. The molecule has 0 aromatic heterocycles. The molecule has 148 valence electrons. The molecule has 1 saturated heterocycles. The van der Waals surface area contributed by atoms with Gasteiger partial charge in [-0.15, -0.1) is 0 Å². The van der Waals surface area contributed by atoms with Gasteiger partial charge in [0.15, 0.2) is 0 Å².